The molecule has 0 aromatic heterocycles. The molecule has 0 fully saturated rings. The van der Waals surface area contributed by atoms with Crippen molar-refractivity contribution in [1.82, 2.24) is 5.32 Å². The van der Waals surface area contributed by atoms with Crippen LogP contribution in [0.3, 0.4) is 0 Å². The van der Waals surface area contributed by atoms with Crippen LogP contribution >= 0.6 is 0 Å². The van der Waals surface area contributed by atoms with E-state index in [0.717, 1.165) is 19.3 Å². The summed E-state index contributed by atoms with van der Waals surface area (Å²) >= 11 is 0. The summed E-state index contributed by atoms with van der Waals surface area (Å²) in [6.45, 7) is 0.605. The first-order chi connectivity index (χ1) is 12.7. The smallest absolute Gasteiger partial charge is 0.255 e. The van der Waals surface area contributed by atoms with Crippen molar-refractivity contribution in [2.75, 3.05) is 27.9 Å². The summed E-state index contributed by atoms with van der Waals surface area (Å²) in [6.07, 6.45) is 3.35. The Morgan fingerprint density at radius 2 is 1.81 bits per heavy atom. The SMILES string of the molecule is COc1ccc(C(=O)NCC2CCCc3ccccc32)c(OC)c1OC. The molecule has 26 heavy (non-hydrogen) atoms. The summed E-state index contributed by atoms with van der Waals surface area (Å²) in [5, 5.41) is 3.06. The van der Waals surface area contributed by atoms with Gasteiger partial charge in [0.15, 0.2) is 11.5 Å². The molecule has 1 unspecified atom stereocenters. The van der Waals surface area contributed by atoms with Crippen molar-refractivity contribution >= 4 is 5.91 Å². The fourth-order valence-corrected chi connectivity index (χ4v) is 3.66. The van der Waals surface area contributed by atoms with Gasteiger partial charge in [-0.2, -0.15) is 0 Å². The van der Waals surface area contributed by atoms with Crippen molar-refractivity contribution in [1.29, 1.82) is 0 Å². The first-order valence-electron chi connectivity index (χ1n) is 8.84. The lowest BCUT2D eigenvalue weighted by molar-refractivity contribution is 0.0946. The Labute approximate surface area is 154 Å². The molecule has 1 N–H and O–H groups in total. The molecule has 1 aliphatic carbocycles. The number of hydrogen-bond donors (Lipinski definition) is 1. The Morgan fingerprint density at radius 3 is 2.54 bits per heavy atom. The van der Waals surface area contributed by atoms with E-state index in [1.807, 2.05) is 0 Å². The standard InChI is InChI=1S/C21H25NO4/c1-24-18-12-11-17(19(25-2)20(18)26-3)21(23)22-13-15-9-6-8-14-7-4-5-10-16(14)15/h4-5,7,10-12,15H,6,8-9,13H2,1-3H3,(H,22,23). The van der Waals surface area contributed by atoms with Gasteiger partial charge in [-0.1, -0.05) is 24.3 Å². The summed E-state index contributed by atoms with van der Waals surface area (Å²) in [5.74, 6) is 1.50. The number of rotatable bonds is 6. The quantitative estimate of drug-likeness (QED) is 0.861. The average Bonchev–Trinajstić information content (AvgIpc) is 2.70. The third-order valence-corrected chi connectivity index (χ3v) is 4.95. The highest BCUT2D eigenvalue weighted by atomic mass is 16.5. The summed E-state index contributed by atoms with van der Waals surface area (Å²) in [6, 6.07) is 11.9. The minimum Gasteiger partial charge on any atom is -0.493 e. The van der Waals surface area contributed by atoms with Crippen LogP contribution in [-0.2, 0) is 6.42 Å². The van der Waals surface area contributed by atoms with Crippen molar-refractivity contribution in [3.63, 3.8) is 0 Å². The van der Waals surface area contributed by atoms with Crippen molar-refractivity contribution in [3.8, 4) is 17.2 Å². The highest BCUT2D eigenvalue weighted by Crippen LogP contribution is 2.39. The average molecular weight is 355 g/mol. The highest BCUT2D eigenvalue weighted by Gasteiger charge is 2.23. The number of fused-ring (bicyclic) bond motifs is 1. The van der Waals surface area contributed by atoms with Crippen LogP contribution in [0.1, 0.15) is 40.2 Å². The van der Waals surface area contributed by atoms with E-state index in [9.17, 15) is 4.79 Å². The van der Waals surface area contributed by atoms with Crippen LogP contribution in [0.25, 0.3) is 0 Å². The zero-order valence-electron chi connectivity index (χ0n) is 15.5. The molecule has 0 heterocycles. The van der Waals surface area contributed by atoms with E-state index in [4.69, 9.17) is 14.2 Å². The Bertz CT molecular complexity index is 788. The van der Waals surface area contributed by atoms with Crippen LogP contribution in [0.15, 0.2) is 36.4 Å². The van der Waals surface area contributed by atoms with Gasteiger partial charge in [-0.25, -0.2) is 0 Å². The molecule has 5 heteroatoms. The number of carbonyl (C=O) groups is 1. The first kappa shape index (κ1) is 18.1. The summed E-state index contributed by atoms with van der Waals surface area (Å²) < 4.78 is 16.0. The molecular formula is C21H25NO4. The molecule has 0 aliphatic heterocycles. The maximum absolute atomic E-state index is 12.8. The van der Waals surface area contributed by atoms with E-state index in [2.05, 4.69) is 29.6 Å². The number of hydrogen-bond acceptors (Lipinski definition) is 4. The Kier molecular flexibility index (Phi) is 5.66. The molecule has 0 radical (unpaired) electrons. The zero-order valence-corrected chi connectivity index (χ0v) is 15.5. The Hall–Kier alpha value is -2.69. The number of ether oxygens (including phenoxy) is 3. The Morgan fingerprint density at radius 1 is 1.04 bits per heavy atom. The fourth-order valence-electron chi connectivity index (χ4n) is 3.66. The van der Waals surface area contributed by atoms with Gasteiger partial charge in [-0.15, -0.1) is 0 Å². The minimum atomic E-state index is -0.175. The van der Waals surface area contributed by atoms with Gasteiger partial charge in [0.25, 0.3) is 5.91 Å². The predicted molar refractivity (Wildman–Crippen MR) is 101 cm³/mol. The van der Waals surface area contributed by atoms with Crippen LogP contribution in [0, 0.1) is 0 Å². The molecule has 0 spiro atoms. The third kappa shape index (κ3) is 3.47. The molecule has 5 nitrogen and oxygen atoms in total. The number of methoxy groups -OCH3 is 3. The number of benzene rings is 2. The number of nitrogens with one attached hydrogen (secondary N) is 1. The molecule has 138 valence electrons. The monoisotopic (exact) mass is 355 g/mol. The van der Waals surface area contributed by atoms with Crippen molar-refractivity contribution in [3.05, 3.63) is 53.1 Å². The lowest BCUT2D eigenvalue weighted by Gasteiger charge is -2.25. The molecule has 0 bridgehead atoms. The molecule has 1 atom stereocenters. The van der Waals surface area contributed by atoms with Gasteiger partial charge in [-0.3, -0.25) is 4.79 Å². The molecule has 2 aromatic carbocycles. The lowest BCUT2D eigenvalue weighted by Crippen LogP contribution is -2.30. The highest BCUT2D eigenvalue weighted by molar-refractivity contribution is 5.98. The molecule has 0 saturated carbocycles. The first-order valence-corrected chi connectivity index (χ1v) is 8.84. The van der Waals surface area contributed by atoms with E-state index >= 15 is 0 Å². The molecule has 0 saturated heterocycles. The van der Waals surface area contributed by atoms with E-state index in [0.29, 0.717) is 35.3 Å². The van der Waals surface area contributed by atoms with Gasteiger partial charge < -0.3 is 19.5 Å². The maximum Gasteiger partial charge on any atom is 0.255 e. The van der Waals surface area contributed by atoms with Gasteiger partial charge in [0.1, 0.15) is 0 Å². The van der Waals surface area contributed by atoms with Crippen molar-refractivity contribution in [2.45, 2.75) is 25.2 Å². The number of carbonyl (C=O) groups excluding carboxylic acids is 1. The second-order valence-electron chi connectivity index (χ2n) is 6.38. The van der Waals surface area contributed by atoms with E-state index in [1.54, 1.807) is 19.2 Å². The summed E-state index contributed by atoms with van der Waals surface area (Å²) in [4.78, 5) is 12.8. The van der Waals surface area contributed by atoms with E-state index in [-0.39, 0.29) is 5.91 Å². The largest absolute Gasteiger partial charge is 0.493 e. The van der Waals surface area contributed by atoms with Gasteiger partial charge in [0.05, 0.1) is 26.9 Å². The normalized spacial score (nSPS) is 15.7. The van der Waals surface area contributed by atoms with Gasteiger partial charge >= 0.3 is 0 Å². The summed E-state index contributed by atoms with van der Waals surface area (Å²) in [7, 11) is 4.60. The molecule has 3 rings (SSSR count). The van der Waals surface area contributed by atoms with Gasteiger partial charge in [0.2, 0.25) is 5.75 Å². The fraction of sp³-hybridized carbons (Fsp3) is 0.381. The Balaban J connectivity index is 1.77. The predicted octanol–water partition coefficient (Wildman–Crippen LogP) is 3.56. The third-order valence-electron chi connectivity index (χ3n) is 4.95. The van der Waals surface area contributed by atoms with E-state index < -0.39 is 0 Å². The van der Waals surface area contributed by atoms with Crippen LogP contribution < -0.4 is 19.5 Å². The molecule has 1 aliphatic rings. The van der Waals surface area contributed by atoms with Crippen molar-refractivity contribution in [2.24, 2.45) is 0 Å². The second-order valence-corrected chi connectivity index (χ2v) is 6.38. The van der Waals surface area contributed by atoms with Crippen LogP contribution in [-0.4, -0.2) is 33.8 Å². The summed E-state index contributed by atoms with van der Waals surface area (Å²) in [5.41, 5.74) is 3.18. The molecule has 2 aromatic rings. The van der Waals surface area contributed by atoms with Crippen LogP contribution in [0.2, 0.25) is 0 Å². The van der Waals surface area contributed by atoms with Crippen LogP contribution in [0.5, 0.6) is 17.2 Å². The second kappa shape index (κ2) is 8.13. The molecular weight excluding hydrogens is 330 g/mol. The van der Waals surface area contributed by atoms with E-state index in [1.165, 1.54) is 25.3 Å². The number of amides is 1. The van der Waals surface area contributed by atoms with Gasteiger partial charge in [0, 0.05) is 12.5 Å². The maximum atomic E-state index is 12.8. The van der Waals surface area contributed by atoms with Crippen molar-refractivity contribution < 1.29 is 19.0 Å². The van der Waals surface area contributed by atoms with Crippen LogP contribution in [0.4, 0.5) is 0 Å². The minimum absolute atomic E-state index is 0.175. The lowest BCUT2D eigenvalue weighted by atomic mass is 9.83. The number of aryl methyl sites for hydroxylation is 1. The zero-order chi connectivity index (χ0) is 18.5. The topological polar surface area (TPSA) is 56.8 Å². The molecule has 1 amide bonds. The van der Waals surface area contributed by atoms with Gasteiger partial charge in [-0.05, 0) is 42.5 Å².